The second-order valence-electron chi connectivity index (χ2n) is 6.28. The normalized spacial score (nSPS) is 11.2. The summed E-state index contributed by atoms with van der Waals surface area (Å²) in [5.41, 5.74) is -0.256. The number of anilines is 1. The first kappa shape index (κ1) is 20.9. The van der Waals surface area contributed by atoms with Crippen molar-refractivity contribution in [1.29, 1.82) is 0 Å². The molecular weight excluding hydrogens is 497 g/mol. The molecule has 0 saturated carbocycles. The number of nitrogens with one attached hydrogen (secondary N) is 2. The van der Waals surface area contributed by atoms with Gasteiger partial charge in [-0.25, -0.2) is 26.6 Å². The molecule has 4 aromatic rings. The molecule has 2 aromatic carbocycles. The molecule has 0 saturated heterocycles. The Morgan fingerprint density at radius 1 is 1.03 bits per heavy atom. The van der Waals surface area contributed by atoms with Crippen molar-refractivity contribution in [3.63, 3.8) is 0 Å². The van der Waals surface area contributed by atoms with Crippen LogP contribution in [0.3, 0.4) is 0 Å². The number of nitrogens with zero attached hydrogens (tertiary/aromatic N) is 2. The van der Waals surface area contributed by atoms with Crippen molar-refractivity contribution in [2.75, 3.05) is 4.72 Å². The van der Waals surface area contributed by atoms with E-state index < -0.39 is 43.6 Å². The fourth-order valence-corrected chi connectivity index (χ4v) is 4.40. The molecule has 2 N–H and O–H groups in total. The van der Waals surface area contributed by atoms with Crippen molar-refractivity contribution in [3.8, 4) is 11.8 Å². The fraction of sp³-hybridized carbons (Fsp3) is 0. The van der Waals surface area contributed by atoms with E-state index in [9.17, 15) is 21.6 Å². The second kappa shape index (κ2) is 8.05. The maximum absolute atomic E-state index is 14.9. The minimum Gasteiger partial charge on any atom is -0.277 e. The zero-order valence-electron chi connectivity index (χ0n) is 15.2. The summed E-state index contributed by atoms with van der Waals surface area (Å²) in [5, 5.41) is 7.15. The summed E-state index contributed by atoms with van der Waals surface area (Å²) >= 11 is 3.00. The highest BCUT2D eigenvalue weighted by atomic mass is 79.9. The lowest BCUT2D eigenvalue weighted by molar-refractivity contribution is 0.577. The molecule has 0 bridgehead atoms. The van der Waals surface area contributed by atoms with Gasteiger partial charge in [-0.15, -0.1) is 0 Å². The molecule has 0 amide bonds. The van der Waals surface area contributed by atoms with Crippen LogP contribution in [0.15, 0.2) is 58.2 Å². The predicted octanol–water partition coefficient (Wildman–Crippen LogP) is 4.34. The number of benzene rings is 2. The van der Waals surface area contributed by atoms with E-state index in [0.29, 0.717) is 16.6 Å². The number of hydrogen-bond acceptors (Lipinski definition) is 4. The highest BCUT2D eigenvalue weighted by Gasteiger charge is 2.20. The van der Waals surface area contributed by atoms with Gasteiger partial charge in [-0.2, -0.15) is 5.10 Å². The Labute approximate surface area is 182 Å². The Kier molecular flexibility index (Phi) is 5.43. The van der Waals surface area contributed by atoms with Gasteiger partial charge in [0.15, 0.2) is 11.5 Å². The third-order valence-electron chi connectivity index (χ3n) is 4.10. The van der Waals surface area contributed by atoms with E-state index in [1.54, 1.807) is 6.07 Å². The van der Waals surface area contributed by atoms with E-state index in [2.05, 4.69) is 43.0 Å². The minimum absolute atomic E-state index is 0.183. The monoisotopic (exact) mass is 506 g/mol. The third-order valence-corrected chi connectivity index (χ3v) is 5.91. The first-order chi connectivity index (χ1) is 14.7. The molecule has 2 aromatic heterocycles. The van der Waals surface area contributed by atoms with E-state index in [-0.39, 0.29) is 4.47 Å². The number of aromatic amines is 1. The molecule has 4 rings (SSSR count). The van der Waals surface area contributed by atoms with Gasteiger partial charge in [0, 0.05) is 21.6 Å². The molecule has 6 nitrogen and oxygen atoms in total. The van der Waals surface area contributed by atoms with Crippen molar-refractivity contribution in [1.82, 2.24) is 15.2 Å². The molecule has 156 valence electrons. The van der Waals surface area contributed by atoms with Crippen LogP contribution in [-0.2, 0) is 10.0 Å². The topological polar surface area (TPSA) is 87.7 Å². The molecular formula is C20H10BrF3N4O2S. The maximum Gasteiger partial charge on any atom is 0.262 e. The molecule has 0 fully saturated rings. The van der Waals surface area contributed by atoms with Crippen molar-refractivity contribution < 1.29 is 21.6 Å². The number of fused-ring (bicyclic) bond motifs is 1. The molecule has 0 unspecified atom stereocenters. The van der Waals surface area contributed by atoms with Gasteiger partial charge >= 0.3 is 0 Å². The summed E-state index contributed by atoms with van der Waals surface area (Å²) in [7, 11) is -4.35. The van der Waals surface area contributed by atoms with Crippen LogP contribution in [-0.4, -0.2) is 23.6 Å². The third kappa shape index (κ3) is 4.40. The van der Waals surface area contributed by atoms with Gasteiger partial charge in [-0.3, -0.25) is 9.82 Å². The van der Waals surface area contributed by atoms with Crippen LogP contribution >= 0.6 is 15.9 Å². The summed E-state index contributed by atoms with van der Waals surface area (Å²) in [5.74, 6) is 1.98. The Hall–Kier alpha value is -3.36. The first-order valence-corrected chi connectivity index (χ1v) is 10.8. The number of H-pyrrole nitrogens is 1. The van der Waals surface area contributed by atoms with E-state index >= 15 is 0 Å². The van der Waals surface area contributed by atoms with Crippen molar-refractivity contribution >= 4 is 42.7 Å². The number of halogens is 4. The van der Waals surface area contributed by atoms with Gasteiger partial charge in [-0.1, -0.05) is 27.8 Å². The highest BCUT2D eigenvalue weighted by Crippen LogP contribution is 2.25. The number of rotatable bonds is 3. The van der Waals surface area contributed by atoms with E-state index in [4.69, 9.17) is 0 Å². The van der Waals surface area contributed by atoms with Crippen molar-refractivity contribution in [2.24, 2.45) is 0 Å². The van der Waals surface area contributed by atoms with Crippen molar-refractivity contribution in [3.05, 3.63) is 81.8 Å². The number of pyridine rings is 1. The Morgan fingerprint density at radius 2 is 1.84 bits per heavy atom. The molecule has 31 heavy (non-hydrogen) atoms. The SMILES string of the molecule is O=S(=O)(Nc1ccc(F)c(C#Cc2cnc3[nH]ncc3c2)c1F)c1cc(F)cc(Br)c1. The van der Waals surface area contributed by atoms with Gasteiger partial charge < -0.3 is 0 Å². The van der Waals surface area contributed by atoms with Crippen LogP contribution in [0.4, 0.5) is 18.9 Å². The zero-order chi connectivity index (χ0) is 22.2. The number of hydrogen-bond donors (Lipinski definition) is 2. The Bertz CT molecular complexity index is 1470. The van der Waals surface area contributed by atoms with Crippen LogP contribution in [0.25, 0.3) is 11.0 Å². The lowest BCUT2D eigenvalue weighted by atomic mass is 10.1. The molecule has 0 aliphatic rings. The van der Waals surface area contributed by atoms with Crippen LogP contribution in [0.1, 0.15) is 11.1 Å². The smallest absolute Gasteiger partial charge is 0.262 e. The van der Waals surface area contributed by atoms with Crippen LogP contribution in [0.5, 0.6) is 0 Å². The summed E-state index contributed by atoms with van der Waals surface area (Å²) in [4.78, 5) is 3.64. The molecule has 11 heteroatoms. The predicted molar refractivity (Wildman–Crippen MR) is 111 cm³/mol. The largest absolute Gasteiger partial charge is 0.277 e. The number of aromatic nitrogens is 3. The van der Waals surface area contributed by atoms with Gasteiger partial charge in [0.2, 0.25) is 0 Å². The van der Waals surface area contributed by atoms with E-state index in [1.165, 1.54) is 12.4 Å². The average molecular weight is 507 g/mol. The van der Waals surface area contributed by atoms with Crippen molar-refractivity contribution in [2.45, 2.75) is 4.90 Å². The van der Waals surface area contributed by atoms with Gasteiger partial charge in [-0.05, 0) is 36.4 Å². The second-order valence-corrected chi connectivity index (χ2v) is 8.87. The highest BCUT2D eigenvalue weighted by molar-refractivity contribution is 9.10. The maximum atomic E-state index is 14.9. The van der Waals surface area contributed by atoms with Gasteiger partial charge in [0.1, 0.15) is 11.6 Å². The summed E-state index contributed by atoms with van der Waals surface area (Å²) in [6, 6.07) is 6.41. The number of sulfonamides is 1. The molecule has 2 heterocycles. The Balaban J connectivity index is 1.69. The summed E-state index contributed by atoms with van der Waals surface area (Å²) in [6.45, 7) is 0. The molecule has 0 aliphatic carbocycles. The minimum atomic E-state index is -4.35. The quantitative estimate of drug-likeness (QED) is 0.404. The van der Waals surface area contributed by atoms with Gasteiger partial charge in [0.05, 0.1) is 22.3 Å². The molecule has 0 aliphatic heterocycles. The molecule has 0 atom stereocenters. The standard InChI is InChI=1S/C20H10BrF3N4O2S/c21-13-6-14(22)8-15(7-13)31(29,30)28-18-4-3-17(23)16(19(18)24)2-1-11-5-12-10-26-27-20(12)25-9-11/h3-10,28H,(H,25,26,27). The van der Waals surface area contributed by atoms with Gasteiger partial charge in [0.25, 0.3) is 10.0 Å². The average Bonchev–Trinajstić information content (AvgIpc) is 3.17. The summed E-state index contributed by atoms with van der Waals surface area (Å²) < 4.78 is 69.8. The lowest BCUT2D eigenvalue weighted by Crippen LogP contribution is -2.15. The van der Waals surface area contributed by atoms with Crippen LogP contribution in [0, 0.1) is 29.3 Å². The first-order valence-electron chi connectivity index (χ1n) is 8.51. The van der Waals surface area contributed by atoms with Crippen LogP contribution < -0.4 is 4.72 Å². The summed E-state index contributed by atoms with van der Waals surface area (Å²) in [6.07, 6.45) is 2.92. The van der Waals surface area contributed by atoms with E-state index in [0.717, 1.165) is 30.3 Å². The Morgan fingerprint density at radius 3 is 2.61 bits per heavy atom. The lowest BCUT2D eigenvalue weighted by Gasteiger charge is -2.11. The zero-order valence-corrected chi connectivity index (χ0v) is 17.7. The molecule has 0 spiro atoms. The van der Waals surface area contributed by atoms with Crippen LogP contribution in [0.2, 0.25) is 0 Å². The van der Waals surface area contributed by atoms with E-state index in [1.807, 2.05) is 4.72 Å². The fourth-order valence-electron chi connectivity index (χ4n) is 2.67. The molecule has 0 radical (unpaired) electrons.